The summed E-state index contributed by atoms with van der Waals surface area (Å²) in [5, 5.41) is 6.06. The largest absolute Gasteiger partial charge is 0.495 e. The van der Waals surface area contributed by atoms with Crippen molar-refractivity contribution in [3.63, 3.8) is 0 Å². The van der Waals surface area contributed by atoms with E-state index >= 15 is 0 Å². The summed E-state index contributed by atoms with van der Waals surface area (Å²) in [6, 6.07) is 14.5. The van der Waals surface area contributed by atoms with Gasteiger partial charge in [-0.25, -0.2) is 4.79 Å². The molecule has 2 amide bonds. The molecule has 0 aromatic heterocycles. The van der Waals surface area contributed by atoms with Gasteiger partial charge in [0.2, 0.25) is 0 Å². The molecule has 1 unspecified atom stereocenters. The Labute approximate surface area is 129 Å². The molecule has 4 nitrogen and oxygen atoms in total. The standard InChI is InChI=1S/C16H17ClN2O2/c1-11(12-6-4-3-5-7-12)18-16(20)19-13-8-9-15(21-2)14(17)10-13/h3-11H,1-2H3,(H2,18,19,20). The Balaban J connectivity index is 1.97. The molecular formula is C16H17ClN2O2. The molecule has 0 saturated heterocycles. The lowest BCUT2D eigenvalue weighted by molar-refractivity contribution is 0.249. The fourth-order valence-electron chi connectivity index (χ4n) is 1.93. The SMILES string of the molecule is COc1ccc(NC(=O)NC(C)c2ccccc2)cc1Cl. The number of halogens is 1. The van der Waals surface area contributed by atoms with Crippen LogP contribution in [0.1, 0.15) is 18.5 Å². The smallest absolute Gasteiger partial charge is 0.319 e. The number of hydrogen-bond acceptors (Lipinski definition) is 2. The molecule has 0 aliphatic heterocycles. The molecule has 0 spiro atoms. The topological polar surface area (TPSA) is 50.4 Å². The molecule has 110 valence electrons. The van der Waals surface area contributed by atoms with Gasteiger partial charge >= 0.3 is 6.03 Å². The van der Waals surface area contributed by atoms with Crippen LogP contribution in [0.3, 0.4) is 0 Å². The van der Waals surface area contributed by atoms with Gasteiger partial charge in [0.25, 0.3) is 0 Å². The van der Waals surface area contributed by atoms with Crippen LogP contribution in [0.15, 0.2) is 48.5 Å². The first-order valence-electron chi connectivity index (χ1n) is 6.56. The van der Waals surface area contributed by atoms with Gasteiger partial charge in [0, 0.05) is 5.69 Å². The molecule has 0 radical (unpaired) electrons. The number of ether oxygens (including phenoxy) is 1. The summed E-state index contributed by atoms with van der Waals surface area (Å²) in [5.74, 6) is 0.570. The van der Waals surface area contributed by atoms with Crippen LogP contribution in [-0.4, -0.2) is 13.1 Å². The lowest BCUT2D eigenvalue weighted by Gasteiger charge is -2.15. The summed E-state index contributed by atoms with van der Waals surface area (Å²) < 4.78 is 5.07. The van der Waals surface area contributed by atoms with Crippen LogP contribution < -0.4 is 15.4 Å². The van der Waals surface area contributed by atoms with E-state index in [2.05, 4.69) is 10.6 Å². The highest BCUT2D eigenvalue weighted by molar-refractivity contribution is 6.32. The Hall–Kier alpha value is -2.20. The lowest BCUT2D eigenvalue weighted by Crippen LogP contribution is -2.31. The summed E-state index contributed by atoms with van der Waals surface area (Å²) in [4.78, 5) is 12.0. The van der Waals surface area contributed by atoms with Crippen molar-refractivity contribution in [3.8, 4) is 5.75 Å². The zero-order chi connectivity index (χ0) is 15.2. The van der Waals surface area contributed by atoms with E-state index in [0.717, 1.165) is 5.56 Å². The minimum Gasteiger partial charge on any atom is -0.495 e. The van der Waals surface area contributed by atoms with Gasteiger partial charge < -0.3 is 15.4 Å². The second-order valence-electron chi connectivity index (χ2n) is 4.58. The number of methoxy groups -OCH3 is 1. The normalized spacial score (nSPS) is 11.6. The number of anilines is 1. The van der Waals surface area contributed by atoms with Gasteiger partial charge in [0.15, 0.2) is 0 Å². The number of amides is 2. The Morgan fingerprint density at radius 1 is 1.19 bits per heavy atom. The van der Waals surface area contributed by atoms with Crippen molar-refractivity contribution in [3.05, 3.63) is 59.1 Å². The average molecular weight is 305 g/mol. The summed E-state index contributed by atoms with van der Waals surface area (Å²) in [6.45, 7) is 1.93. The van der Waals surface area contributed by atoms with E-state index in [-0.39, 0.29) is 12.1 Å². The molecular weight excluding hydrogens is 288 g/mol. The fourth-order valence-corrected chi connectivity index (χ4v) is 2.19. The van der Waals surface area contributed by atoms with Crippen molar-refractivity contribution in [2.75, 3.05) is 12.4 Å². The summed E-state index contributed by atoms with van der Waals surface area (Å²) >= 11 is 6.02. The van der Waals surface area contributed by atoms with Crippen LogP contribution >= 0.6 is 11.6 Å². The highest BCUT2D eigenvalue weighted by Gasteiger charge is 2.10. The zero-order valence-corrected chi connectivity index (χ0v) is 12.6. The van der Waals surface area contributed by atoms with E-state index in [1.54, 1.807) is 25.3 Å². The molecule has 2 aromatic rings. The molecule has 0 fully saturated rings. The van der Waals surface area contributed by atoms with Crippen LogP contribution in [-0.2, 0) is 0 Å². The number of hydrogen-bond donors (Lipinski definition) is 2. The molecule has 2 N–H and O–H groups in total. The molecule has 0 saturated carbocycles. The fraction of sp³-hybridized carbons (Fsp3) is 0.188. The molecule has 2 rings (SSSR count). The van der Waals surface area contributed by atoms with Crippen LogP contribution in [0, 0.1) is 0 Å². The van der Waals surface area contributed by atoms with Crippen molar-refractivity contribution in [1.29, 1.82) is 0 Å². The van der Waals surface area contributed by atoms with E-state index < -0.39 is 0 Å². The number of benzene rings is 2. The highest BCUT2D eigenvalue weighted by Crippen LogP contribution is 2.27. The quantitative estimate of drug-likeness (QED) is 0.888. The Morgan fingerprint density at radius 3 is 2.52 bits per heavy atom. The highest BCUT2D eigenvalue weighted by atomic mass is 35.5. The summed E-state index contributed by atoms with van der Waals surface area (Å²) in [7, 11) is 1.54. The van der Waals surface area contributed by atoms with E-state index in [1.165, 1.54) is 0 Å². The molecule has 1 atom stereocenters. The first-order chi connectivity index (χ1) is 10.1. The third-order valence-corrected chi connectivity index (χ3v) is 3.35. The Bertz CT molecular complexity index is 617. The number of carbonyl (C=O) groups excluding carboxylic acids is 1. The van der Waals surface area contributed by atoms with Crippen LogP contribution in [0.5, 0.6) is 5.75 Å². The first-order valence-corrected chi connectivity index (χ1v) is 6.94. The Morgan fingerprint density at radius 2 is 1.90 bits per heavy atom. The molecule has 5 heteroatoms. The maximum Gasteiger partial charge on any atom is 0.319 e. The van der Waals surface area contributed by atoms with Gasteiger partial charge in [-0.15, -0.1) is 0 Å². The number of nitrogens with one attached hydrogen (secondary N) is 2. The van der Waals surface area contributed by atoms with Crippen LogP contribution in [0.25, 0.3) is 0 Å². The predicted octanol–water partition coefficient (Wildman–Crippen LogP) is 4.23. The predicted molar refractivity (Wildman–Crippen MR) is 85.0 cm³/mol. The van der Waals surface area contributed by atoms with E-state index in [1.807, 2.05) is 37.3 Å². The maximum atomic E-state index is 12.0. The van der Waals surface area contributed by atoms with Crippen LogP contribution in [0.2, 0.25) is 5.02 Å². The van der Waals surface area contributed by atoms with Gasteiger partial charge in [0.05, 0.1) is 18.2 Å². The number of carbonyl (C=O) groups is 1. The van der Waals surface area contributed by atoms with Crippen molar-refractivity contribution in [1.82, 2.24) is 5.32 Å². The summed E-state index contributed by atoms with van der Waals surface area (Å²) in [6.07, 6.45) is 0. The minimum atomic E-state index is -0.285. The average Bonchev–Trinajstić information content (AvgIpc) is 2.48. The van der Waals surface area contributed by atoms with Crippen molar-refractivity contribution in [2.45, 2.75) is 13.0 Å². The third kappa shape index (κ3) is 4.13. The molecule has 0 heterocycles. The first kappa shape index (κ1) is 15.2. The van der Waals surface area contributed by atoms with E-state index in [0.29, 0.717) is 16.5 Å². The minimum absolute atomic E-state index is 0.0834. The molecule has 0 aliphatic carbocycles. The van der Waals surface area contributed by atoms with Gasteiger partial charge in [0.1, 0.15) is 5.75 Å². The second kappa shape index (κ2) is 6.99. The monoisotopic (exact) mass is 304 g/mol. The molecule has 0 aliphatic rings. The van der Waals surface area contributed by atoms with Gasteiger partial charge in [-0.3, -0.25) is 0 Å². The summed E-state index contributed by atoms with van der Waals surface area (Å²) in [5.41, 5.74) is 1.65. The van der Waals surface area contributed by atoms with Gasteiger partial charge in [-0.05, 0) is 30.7 Å². The van der Waals surface area contributed by atoms with E-state index in [9.17, 15) is 4.79 Å². The maximum absolute atomic E-state index is 12.0. The van der Waals surface area contributed by atoms with Gasteiger partial charge in [-0.2, -0.15) is 0 Å². The molecule has 2 aromatic carbocycles. The Kier molecular flexibility index (Phi) is 5.06. The zero-order valence-electron chi connectivity index (χ0n) is 11.9. The van der Waals surface area contributed by atoms with Crippen LogP contribution in [0.4, 0.5) is 10.5 Å². The second-order valence-corrected chi connectivity index (χ2v) is 4.99. The lowest BCUT2D eigenvalue weighted by atomic mass is 10.1. The van der Waals surface area contributed by atoms with Gasteiger partial charge in [-0.1, -0.05) is 41.9 Å². The third-order valence-electron chi connectivity index (χ3n) is 3.06. The molecule has 21 heavy (non-hydrogen) atoms. The van der Waals surface area contributed by atoms with Crippen molar-refractivity contribution >= 4 is 23.3 Å². The van der Waals surface area contributed by atoms with E-state index in [4.69, 9.17) is 16.3 Å². The number of urea groups is 1. The van der Waals surface area contributed by atoms with Crippen molar-refractivity contribution < 1.29 is 9.53 Å². The molecule has 0 bridgehead atoms. The number of rotatable bonds is 4. The van der Waals surface area contributed by atoms with Crippen molar-refractivity contribution in [2.24, 2.45) is 0 Å².